The van der Waals surface area contributed by atoms with Crippen LogP contribution in [0.4, 0.5) is 23.5 Å². The van der Waals surface area contributed by atoms with Crippen molar-refractivity contribution in [1.82, 2.24) is 23.8 Å². The molecule has 3 atom stereocenters. The Morgan fingerprint density at radius 3 is 2.60 bits per heavy atom. The van der Waals surface area contributed by atoms with Crippen LogP contribution in [-0.2, 0) is 23.2 Å². The summed E-state index contributed by atoms with van der Waals surface area (Å²) in [6.07, 6.45) is -3.94. The second-order valence-electron chi connectivity index (χ2n) is 8.13. The zero-order valence-electron chi connectivity index (χ0n) is 18.6. The zero-order chi connectivity index (χ0) is 25.5. The summed E-state index contributed by atoms with van der Waals surface area (Å²) in [4.78, 5) is 12.2. The van der Waals surface area contributed by atoms with Crippen molar-refractivity contribution in [3.63, 3.8) is 0 Å². The normalized spacial score (nSPS) is 20.7. The molecule has 1 aliphatic heterocycles. The Hall–Kier alpha value is -2.62. The van der Waals surface area contributed by atoms with Crippen LogP contribution >= 0.6 is 11.3 Å². The highest BCUT2D eigenvalue weighted by molar-refractivity contribution is 7.89. The largest absolute Gasteiger partial charge is 0.420 e. The van der Waals surface area contributed by atoms with Gasteiger partial charge in [0.2, 0.25) is 5.95 Å². The van der Waals surface area contributed by atoms with Crippen molar-refractivity contribution in [2.24, 2.45) is 7.05 Å². The fraction of sp³-hybridized carbons (Fsp3) is 0.450. The summed E-state index contributed by atoms with van der Waals surface area (Å²) in [5.41, 5.74) is -1.45. The summed E-state index contributed by atoms with van der Waals surface area (Å²) in [6.45, 7) is 1.02. The van der Waals surface area contributed by atoms with Gasteiger partial charge in [0, 0.05) is 37.4 Å². The van der Waals surface area contributed by atoms with E-state index in [-0.39, 0.29) is 28.8 Å². The van der Waals surface area contributed by atoms with Crippen LogP contribution in [0.1, 0.15) is 29.9 Å². The summed E-state index contributed by atoms with van der Waals surface area (Å²) in [6, 6.07) is 2.02. The highest BCUT2D eigenvalue weighted by Crippen LogP contribution is 2.39. The third-order valence-corrected chi connectivity index (χ3v) is 8.48. The molecular formula is C20H22F4N6O3S2. The Morgan fingerprint density at radius 2 is 2.03 bits per heavy atom. The quantitative estimate of drug-likeness (QED) is 0.467. The molecule has 1 aliphatic rings. The number of hydrogen-bond acceptors (Lipinski definition) is 8. The van der Waals surface area contributed by atoms with Crippen molar-refractivity contribution in [3.8, 4) is 10.6 Å². The number of hydrogen-bond donors (Lipinski definition) is 2. The molecule has 4 heterocycles. The number of rotatable bonds is 6. The SMILES string of the molecule is CC(O)c1ccc(-c2nc(N[C@H]3CCN(S(=O)(=O)c4cn(C)cn4)C[C@H]3F)ncc2C(F)(F)F)s1. The Balaban J connectivity index is 1.54. The van der Waals surface area contributed by atoms with Gasteiger partial charge in [-0.15, -0.1) is 11.3 Å². The van der Waals surface area contributed by atoms with Gasteiger partial charge in [-0.2, -0.15) is 17.5 Å². The van der Waals surface area contributed by atoms with E-state index in [9.17, 15) is 31.1 Å². The van der Waals surface area contributed by atoms with Gasteiger partial charge in [-0.05, 0) is 25.5 Å². The van der Waals surface area contributed by atoms with Crippen LogP contribution in [0.3, 0.4) is 0 Å². The number of piperidine rings is 1. The minimum Gasteiger partial charge on any atom is -0.388 e. The summed E-state index contributed by atoms with van der Waals surface area (Å²) >= 11 is 0.959. The van der Waals surface area contributed by atoms with Gasteiger partial charge < -0.3 is 15.0 Å². The molecule has 0 aromatic carbocycles. The van der Waals surface area contributed by atoms with E-state index >= 15 is 0 Å². The van der Waals surface area contributed by atoms with Crippen LogP contribution < -0.4 is 5.32 Å². The number of thiophene rings is 1. The van der Waals surface area contributed by atoms with E-state index in [1.165, 1.54) is 36.1 Å². The first-order valence-electron chi connectivity index (χ1n) is 10.5. The van der Waals surface area contributed by atoms with Gasteiger partial charge in [0.05, 0.1) is 29.0 Å². The van der Waals surface area contributed by atoms with Gasteiger partial charge in [-0.1, -0.05) is 0 Å². The molecule has 1 saturated heterocycles. The molecule has 0 amide bonds. The van der Waals surface area contributed by atoms with Crippen molar-refractivity contribution in [1.29, 1.82) is 0 Å². The molecule has 0 radical (unpaired) electrons. The lowest BCUT2D eigenvalue weighted by Crippen LogP contribution is -2.50. The molecule has 4 rings (SSSR count). The molecule has 0 saturated carbocycles. The topological polar surface area (TPSA) is 113 Å². The number of aromatic nitrogens is 4. The van der Waals surface area contributed by atoms with E-state index in [0.29, 0.717) is 11.1 Å². The second-order valence-corrected chi connectivity index (χ2v) is 11.1. The molecule has 0 spiro atoms. The number of halogens is 4. The van der Waals surface area contributed by atoms with Crippen molar-refractivity contribution >= 4 is 27.3 Å². The molecule has 1 unspecified atom stereocenters. The number of alkyl halides is 4. The number of imidazole rings is 1. The minimum absolute atomic E-state index is 0.0207. The van der Waals surface area contributed by atoms with Crippen molar-refractivity contribution < 1.29 is 31.1 Å². The smallest absolute Gasteiger partial charge is 0.388 e. The first kappa shape index (κ1) is 25.5. The minimum atomic E-state index is -4.73. The van der Waals surface area contributed by atoms with Gasteiger partial charge in [-0.3, -0.25) is 0 Å². The van der Waals surface area contributed by atoms with Gasteiger partial charge in [0.15, 0.2) is 5.03 Å². The number of aliphatic hydroxyl groups excluding tert-OH is 1. The molecule has 35 heavy (non-hydrogen) atoms. The lowest BCUT2D eigenvalue weighted by Gasteiger charge is -2.33. The Bertz CT molecular complexity index is 1310. The van der Waals surface area contributed by atoms with E-state index < -0.39 is 52.3 Å². The van der Waals surface area contributed by atoms with Gasteiger partial charge in [0.1, 0.15) is 11.7 Å². The average molecular weight is 535 g/mol. The maximum Gasteiger partial charge on any atom is 0.420 e. The third kappa shape index (κ3) is 5.32. The van der Waals surface area contributed by atoms with Crippen LogP contribution in [0, 0.1) is 0 Å². The monoisotopic (exact) mass is 534 g/mol. The summed E-state index contributed by atoms with van der Waals surface area (Å²) in [5.74, 6) is -0.214. The molecule has 3 aromatic rings. The highest BCUT2D eigenvalue weighted by atomic mass is 32.2. The molecule has 0 aliphatic carbocycles. The highest BCUT2D eigenvalue weighted by Gasteiger charge is 2.38. The van der Waals surface area contributed by atoms with Crippen LogP contribution in [0.2, 0.25) is 0 Å². The lowest BCUT2D eigenvalue weighted by molar-refractivity contribution is -0.137. The predicted molar refractivity (Wildman–Crippen MR) is 120 cm³/mol. The van der Waals surface area contributed by atoms with Crippen molar-refractivity contribution in [2.45, 2.75) is 42.9 Å². The van der Waals surface area contributed by atoms with E-state index in [2.05, 4.69) is 20.3 Å². The number of sulfonamides is 1. The van der Waals surface area contributed by atoms with Crippen LogP contribution in [0.5, 0.6) is 0 Å². The lowest BCUT2D eigenvalue weighted by atomic mass is 10.1. The fourth-order valence-electron chi connectivity index (χ4n) is 3.63. The molecule has 15 heteroatoms. The number of anilines is 1. The van der Waals surface area contributed by atoms with Crippen LogP contribution in [0.15, 0.2) is 35.9 Å². The molecule has 3 aromatic heterocycles. The molecular weight excluding hydrogens is 512 g/mol. The van der Waals surface area contributed by atoms with E-state index in [4.69, 9.17) is 0 Å². The molecule has 2 N–H and O–H groups in total. The standard InChI is InChI=1S/C20H22F4N6O3S2/c1-11(31)15-3-4-16(34-15)18-12(20(22,23)24)7-25-19(28-18)27-14-5-6-30(8-13(14)21)35(32,33)17-9-29(2)10-26-17/h3-4,7,9-11,13-14,31H,5-6,8H2,1-2H3,(H,25,27,28)/t11?,13-,14+/m1/s1. The summed E-state index contributed by atoms with van der Waals surface area (Å²) in [5, 5.41) is 12.2. The number of nitrogens with zero attached hydrogens (tertiary/aromatic N) is 5. The molecule has 190 valence electrons. The van der Waals surface area contributed by atoms with Crippen molar-refractivity contribution in [3.05, 3.63) is 41.3 Å². The second kappa shape index (κ2) is 9.44. The van der Waals surface area contributed by atoms with Crippen LogP contribution in [-0.4, -0.2) is 62.7 Å². The van der Waals surface area contributed by atoms with Crippen LogP contribution in [0.25, 0.3) is 10.6 Å². The molecule has 9 nitrogen and oxygen atoms in total. The number of aryl methyl sites for hydroxylation is 1. The zero-order valence-corrected chi connectivity index (χ0v) is 20.2. The Kier molecular flexibility index (Phi) is 6.87. The fourth-order valence-corrected chi connectivity index (χ4v) is 6.01. The van der Waals surface area contributed by atoms with E-state index in [1.807, 2.05) is 0 Å². The van der Waals surface area contributed by atoms with Gasteiger partial charge in [0.25, 0.3) is 10.0 Å². The van der Waals surface area contributed by atoms with E-state index in [1.54, 1.807) is 7.05 Å². The van der Waals surface area contributed by atoms with Gasteiger partial charge >= 0.3 is 6.18 Å². The van der Waals surface area contributed by atoms with Gasteiger partial charge in [-0.25, -0.2) is 27.8 Å². The van der Waals surface area contributed by atoms with Crippen molar-refractivity contribution in [2.75, 3.05) is 18.4 Å². The first-order chi connectivity index (χ1) is 16.4. The Morgan fingerprint density at radius 1 is 1.29 bits per heavy atom. The predicted octanol–water partition coefficient (Wildman–Crippen LogP) is 3.22. The average Bonchev–Trinajstić information content (AvgIpc) is 3.44. The summed E-state index contributed by atoms with van der Waals surface area (Å²) in [7, 11) is -2.37. The molecule has 1 fully saturated rings. The maximum atomic E-state index is 15.0. The maximum absolute atomic E-state index is 15.0. The first-order valence-corrected chi connectivity index (χ1v) is 12.7. The third-order valence-electron chi connectivity index (χ3n) is 5.47. The van der Waals surface area contributed by atoms with E-state index in [0.717, 1.165) is 15.6 Å². The number of aliphatic hydroxyl groups is 1. The summed E-state index contributed by atoms with van der Waals surface area (Å²) < 4.78 is 83.6. The number of nitrogens with one attached hydrogen (secondary N) is 1. The Labute approximate surface area is 202 Å². The molecule has 0 bridgehead atoms.